The van der Waals surface area contributed by atoms with Crippen LogP contribution in [0, 0.1) is 5.82 Å². The first-order valence-electron chi connectivity index (χ1n) is 7.89. The van der Waals surface area contributed by atoms with E-state index in [0.29, 0.717) is 22.1 Å². The molecule has 0 saturated heterocycles. The number of fused-ring (bicyclic) bond motifs is 1. The lowest BCUT2D eigenvalue weighted by atomic mass is 9.93. The van der Waals surface area contributed by atoms with Gasteiger partial charge in [0.2, 0.25) is 0 Å². The van der Waals surface area contributed by atoms with Crippen LogP contribution in [0.4, 0.5) is 10.1 Å². The number of nitrogens with two attached hydrogens (primary N) is 1. The Morgan fingerprint density at radius 3 is 2.32 bits per heavy atom. The standard InChI is InChI=1S/C20H18FNO3/c1-3-25-20(23)17-14-6-4-5-7-15(14)18(21)16(19(17)22)12-8-10-13(24-2)11-9-12/h4-11H,3,22H2,1-2H3. The van der Waals surface area contributed by atoms with Crippen LogP contribution in [-0.4, -0.2) is 19.7 Å². The van der Waals surface area contributed by atoms with Crippen molar-refractivity contribution in [1.29, 1.82) is 0 Å². The number of halogens is 1. The highest BCUT2D eigenvalue weighted by Crippen LogP contribution is 2.38. The third kappa shape index (κ3) is 2.89. The van der Waals surface area contributed by atoms with Crippen LogP contribution in [0.1, 0.15) is 17.3 Å². The molecule has 25 heavy (non-hydrogen) atoms. The van der Waals surface area contributed by atoms with Crippen LogP contribution in [0.2, 0.25) is 0 Å². The third-order valence-corrected chi connectivity index (χ3v) is 4.05. The number of methoxy groups -OCH3 is 1. The molecule has 0 bridgehead atoms. The van der Waals surface area contributed by atoms with Gasteiger partial charge in [-0.2, -0.15) is 0 Å². The van der Waals surface area contributed by atoms with Crippen molar-refractivity contribution in [3.8, 4) is 16.9 Å². The Hall–Kier alpha value is -3.08. The van der Waals surface area contributed by atoms with E-state index < -0.39 is 11.8 Å². The molecule has 3 rings (SSSR count). The first-order chi connectivity index (χ1) is 12.1. The van der Waals surface area contributed by atoms with Gasteiger partial charge >= 0.3 is 5.97 Å². The summed E-state index contributed by atoms with van der Waals surface area (Å²) in [5.41, 5.74) is 7.21. The summed E-state index contributed by atoms with van der Waals surface area (Å²) in [6.45, 7) is 1.92. The highest BCUT2D eigenvalue weighted by Gasteiger charge is 2.23. The molecule has 0 aromatic heterocycles. The molecule has 0 amide bonds. The molecule has 0 atom stereocenters. The number of anilines is 1. The zero-order valence-corrected chi connectivity index (χ0v) is 14.0. The lowest BCUT2D eigenvalue weighted by Gasteiger charge is -2.16. The Morgan fingerprint density at radius 2 is 1.72 bits per heavy atom. The molecule has 2 N–H and O–H groups in total. The Bertz CT molecular complexity index is 936. The minimum Gasteiger partial charge on any atom is -0.497 e. The number of rotatable bonds is 4. The van der Waals surface area contributed by atoms with Crippen molar-refractivity contribution in [3.05, 3.63) is 59.9 Å². The van der Waals surface area contributed by atoms with Gasteiger partial charge in [-0.1, -0.05) is 36.4 Å². The van der Waals surface area contributed by atoms with E-state index in [1.165, 1.54) is 0 Å². The quantitative estimate of drug-likeness (QED) is 0.565. The van der Waals surface area contributed by atoms with Gasteiger partial charge < -0.3 is 15.2 Å². The molecule has 0 radical (unpaired) electrons. The normalized spacial score (nSPS) is 10.7. The second-order valence-corrected chi connectivity index (χ2v) is 5.47. The van der Waals surface area contributed by atoms with E-state index in [1.54, 1.807) is 62.6 Å². The lowest BCUT2D eigenvalue weighted by molar-refractivity contribution is 0.0530. The van der Waals surface area contributed by atoms with Crippen molar-refractivity contribution in [2.45, 2.75) is 6.92 Å². The Labute approximate surface area is 145 Å². The molecular weight excluding hydrogens is 321 g/mol. The van der Waals surface area contributed by atoms with E-state index in [-0.39, 0.29) is 23.4 Å². The molecule has 0 heterocycles. The maximum Gasteiger partial charge on any atom is 0.340 e. The molecule has 0 spiro atoms. The summed E-state index contributed by atoms with van der Waals surface area (Å²) in [5.74, 6) is -0.383. The summed E-state index contributed by atoms with van der Waals surface area (Å²) in [6.07, 6.45) is 0. The van der Waals surface area contributed by atoms with Crippen LogP contribution in [0.5, 0.6) is 5.75 Å². The molecule has 128 valence electrons. The fraction of sp³-hybridized carbons (Fsp3) is 0.150. The predicted molar refractivity (Wildman–Crippen MR) is 96.3 cm³/mol. The van der Waals surface area contributed by atoms with Crippen molar-refractivity contribution in [2.75, 3.05) is 19.5 Å². The molecule has 0 aliphatic carbocycles. The molecule has 0 aliphatic heterocycles. The van der Waals surface area contributed by atoms with Crippen molar-refractivity contribution in [2.24, 2.45) is 0 Å². The Morgan fingerprint density at radius 1 is 1.08 bits per heavy atom. The van der Waals surface area contributed by atoms with Gasteiger partial charge in [0.05, 0.1) is 25.0 Å². The van der Waals surface area contributed by atoms with Crippen LogP contribution in [-0.2, 0) is 4.74 Å². The molecule has 3 aromatic carbocycles. The van der Waals surface area contributed by atoms with Crippen LogP contribution in [0.15, 0.2) is 48.5 Å². The minimum atomic E-state index is -0.564. The summed E-state index contributed by atoms with van der Waals surface area (Å²) in [7, 11) is 1.55. The van der Waals surface area contributed by atoms with Gasteiger partial charge in [-0.3, -0.25) is 0 Å². The first-order valence-corrected chi connectivity index (χ1v) is 7.89. The van der Waals surface area contributed by atoms with E-state index in [2.05, 4.69) is 0 Å². The Kier molecular flexibility index (Phi) is 4.57. The molecule has 0 aliphatic rings. The van der Waals surface area contributed by atoms with Crippen LogP contribution >= 0.6 is 0 Å². The van der Waals surface area contributed by atoms with Gasteiger partial charge in [-0.25, -0.2) is 9.18 Å². The van der Waals surface area contributed by atoms with Crippen LogP contribution in [0.3, 0.4) is 0 Å². The number of carbonyl (C=O) groups is 1. The fourth-order valence-electron chi connectivity index (χ4n) is 2.88. The first kappa shape index (κ1) is 16.8. The molecule has 5 heteroatoms. The maximum atomic E-state index is 15.2. The zero-order chi connectivity index (χ0) is 18.0. The van der Waals surface area contributed by atoms with E-state index in [9.17, 15) is 4.79 Å². The second kappa shape index (κ2) is 6.81. The molecular formula is C20H18FNO3. The van der Waals surface area contributed by atoms with Gasteiger partial charge in [-0.15, -0.1) is 0 Å². The number of nitrogen functional groups attached to an aromatic ring is 1. The van der Waals surface area contributed by atoms with Gasteiger partial charge in [0.25, 0.3) is 0 Å². The minimum absolute atomic E-state index is 0.0693. The smallest absolute Gasteiger partial charge is 0.340 e. The number of carbonyl (C=O) groups excluding carboxylic acids is 1. The molecule has 0 saturated carbocycles. The number of benzene rings is 3. The second-order valence-electron chi connectivity index (χ2n) is 5.47. The maximum absolute atomic E-state index is 15.2. The topological polar surface area (TPSA) is 61.5 Å². The largest absolute Gasteiger partial charge is 0.497 e. The summed E-state index contributed by atoms with van der Waals surface area (Å²) >= 11 is 0. The summed E-state index contributed by atoms with van der Waals surface area (Å²) < 4.78 is 25.4. The average Bonchev–Trinajstić information content (AvgIpc) is 2.63. The number of esters is 1. The van der Waals surface area contributed by atoms with Crippen molar-refractivity contribution in [3.63, 3.8) is 0 Å². The zero-order valence-electron chi connectivity index (χ0n) is 14.0. The molecule has 3 aromatic rings. The molecule has 0 unspecified atom stereocenters. The number of hydrogen-bond acceptors (Lipinski definition) is 4. The summed E-state index contributed by atoms with van der Waals surface area (Å²) in [6, 6.07) is 13.6. The Balaban J connectivity index is 2.33. The lowest BCUT2D eigenvalue weighted by Crippen LogP contribution is -2.11. The highest BCUT2D eigenvalue weighted by atomic mass is 19.1. The van der Waals surface area contributed by atoms with Crippen molar-refractivity contribution < 1.29 is 18.7 Å². The van der Waals surface area contributed by atoms with E-state index in [0.717, 1.165) is 0 Å². The van der Waals surface area contributed by atoms with E-state index in [1.807, 2.05) is 0 Å². The summed E-state index contributed by atoms with van der Waals surface area (Å²) in [5, 5.41) is 0.763. The third-order valence-electron chi connectivity index (χ3n) is 4.05. The van der Waals surface area contributed by atoms with E-state index in [4.69, 9.17) is 15.2 Å². The van der Waals surface area contributed by atoms with Gasteiger partial charge in [0.1, 0.15) is 11.6 Å². The fourth-order valence-corrected chi connectivity index (χ4v) is 2.88. The molecule has 0 fully saturated rings. The SMILES string of the molecule is CCOC(=O)c1c(N)c(-c2ccc(OC)cc2)c(F)c2ccccc12. The van der Waals surface area contributed by atoms with Crippen molar-refractivity contribution >= 4 is 22.4 Å². The molecule has 4 nitrogen and oxygen atoms in total. The van der Waals surface area contributed by atoms with Crippen molar-refractivity contribution in [1.82, 2.24) is 0 Å². The van der Waals surface area contributed by atoms with E-state index >= 15 is 4.39 Å². The number of hydrogen-bond donors (Lipinski definition) is 1. The van der Waals surface area contributed by atoms with Gasteiger partial charge in [0, 0.05) is 16.3 Å². The highest BCUT2D eigenvalue weighted by molar-refractivity contribution is 6.13. The van der Waals surface area contributed by atoms with Gasteiger partial charge in [0.15, 0.2) is 0 Å². The van der Waals surface area contributed by atoms with Gasteiger partial charge in [-0.05, 0) is 24.6 Å². The summed E-state index contributed by atoms with van der Waals surface area (Å²) in [4.78, 5) is 12.4. The average molecular weight is 339 g/mol. The van der Waals surface area contributed by atoms with Crippen LogP contribution < -0.4 is 10.5 Å². The van der Waals surface area contributed by atoms with Crippen LogP contribution in [0.25, 0.3) is 21.9 Å². The monoisotopic (exact) mass is 339 g/mol. The predicted octanol–water partition coefficient (Wildman–Crippen LogP) is 4.41. The number of ether oxygens (including phenoxy) is 2.